The number of rotatable bonds is 6. The predicted molar refractivity (Wildman–Crippen MR) is 121 cm³/mol. The molecule has 3 heteroatoms. The Hall–Kier alpha value is -2.26. The maximum Gasteiger partial charge on any atom is 0.128 e. The third-order valence-electron chi connectivity index (χ3n) is 6.63. The Morgan fingerprint density at radius 3 is 2.52 bits per heavy atom. The van der Waals surface area contributed by atoms with Crippen molar-refractivity contribution in [2.75, 3.05) is 26.2 Å². The molecule has 0 N–H and O–H groups in total. The number of hydrogen-bond donors (Lipinski definition) is 0. The molecule has 0 spiro atoms. The highest BCUT2D eigenvalue weighted by atomic mass is 16.5. The summed E-state index contributed by atoms with van der Waals surface area (Å²) >= 11 is 0. The van der Waals surface area contributed by atoms with E-state index in [1.165, 1.54) is 85.9 Å². The molecule has 1 aromatic heterocycles. The zero-order valence-electron chi connectivity index (χ0n) is 17.4. The van der Waals surface area contributed by atoms with E-state index in [-0.39, 0.29) is 0 Å². The molecule has 1 fully saturated rings. The van der Waals surface area contributed by atoms with Gasteiger partial charge in [0.15, 0.2) is 0 Å². The second-order valence-electron chi connectivity index (χ2n) is 8.55. The first-order chi connectivity index (χ1) is 14.4. The van der Waals surface area contributed by atoms with Crippen LogP contribution in [0.15, 0.2) is 48.5 Å². The zero-order chi connectivity index (χ0) is 19.5. The molecule has 2 aromatic carbocycles. The summed E-state index contributed by atoms with van der Waals surface area (Å²) in [6.45, 7) is 5.75. The van der Waals surface area contributed by atoms with Crippen LogP contribution < -0.4 is 4.74 Å². The van der Waals surface area contributed by atoms with Crippen LogP contribution >= 0.6 is 0 Å². The minimum Gasteiger partial charge on any atom is -0.493 e. The summed E-state index contributed by atoms with van der Waals surface area (Å²) in [6.07, 6.45) is 9.05. The van der Waals surface area contributed by atoms with Crippen molar-refractivity contribution in [1.82, 2.24) is 9.47 Å². The molecular weight excluding hydrogens is 356 g/mol. The Morgan fingerprint density at radius 2 is 1.59 bits per heavy atom. The van der Waals surface area contributed by atoms with Gasteiger partial charge < -0.3 is 14.2 Å². The molecule has 0 saturated carbocycles. The van der Waals surface area contributed by atoms with Gasteiger partial charge >= 0.3 is 0 Å². The zero-order valence-corrected chi connectivity index (χ0v) is 17.4. The SMILES string of the molecule is c1ccc2c(c1)OCCc1c-2n(CCCCCN2CCCCC2)c2ccccc12. The summed E-state index contributed by atoms with van der Waals surface area (Å²) in [5.41, 5.74) is 5.48. The van der Waals surface area contributed by atoms with Crippen LogP contribution in [-0.4, -0.2) is 35.7 Å². The second-order valence-corrected chi connectivity index (χ2v) is 8.55. The average molecular weight is 389 g/mol. The number of fused-ring (bicyclic) bond motifs is 5. The number of aromatic nitrogens is 1. The van der Waals surface area contributed by atoms with Crippen LogP contribution in [0.25, 0.3) is 22.2 Å². The third kappa shape index (κ3) is 3.81. The van der Waals surface area contributed by atoms with Gasteiger partial charge in [-0.15, -0.1) is 0 Å². The number of nitrogens with zero attached hydrogens (tertiary/aromatic N) is 2. The molecule has 29 heavy (non-hydrogen) atoms. The Morgan fingerprint density at radius 1 is 0.793 bits per heavy atom. The molecule has 3 heterocycles. The van der Waals surface area contributed by atoms with Gasteiger partial charge in [-0.25, -0.2) is 0 Å². The van der Waals surface area contributed by atoms with Crippen molar-refractivity contribution in [3.63, 3.8) is 0 Å². The highest BCUT2D eigenvalue weighted by molar-refractivity contribution is 5.93. The fraction of sp³-hybridized carbons (Fsp3) is 0.462. The molecular formula is C26H32N2O. The Bertz CT molecular complexity index is 968. The van der Waals surface area contributed by atoms with Crippen molar-refractivity contribution in [2.24, 2.45) is 0 Å². The van der Waals surface area contributed by atoms with E-state index in [1.807, 2.05) is 0 Å². The van der Waals surface area contributed by atoms with Crippen molar-refractivity contribution in [3.05, 3.63) is 54.1 Å². The Labute approximate surface area is 174 Å². The number of ether oxygens (including phenoxy) is 1. The van der Waals surface area contributed by atoms with Crippen molar-refractivity contribution in [1.29, 1.82) is 0 Å². The largest absolute Gasteiger partial charge is 0.493 e. The number of piperidine rings is 1. The lowest BCUT2D eigenvalue weighted by molar-refractivity contribution is 0.224. The lowest BCUT2D eigenvalue weighted by Gasteiger charge is -2.26. The number of para-hydroxylation sites is 2. The average Bonchev–Trinajstić information content (AvgIpc) is 2.95. The van der Waals surface area contributed by atoms with Gasteiger partial charge in [0.05, 0.1) is 12.3 Å². The first-order valence-corrected chi connectivity index (χ1v) is 11.5. The monoisotopic (exact) mass is 388 g/mol. The summed E-state index contributed by atoms with van der Waals surface area (Å²) in [5, 5.41) is 1.40. The lowest BCUT2D eigenvalue weighted by atomic mass is 10.0. The van der Waals surface area contributed by atoms with Gasteiger partial charge in [0.25, 0.3) is 0 Å². The molecule has 0 atom stereocenters. The van der Waals surface area contributed by atoms with Crippen molar-refractivity contribution in [2.45, 2.75) is 51.5 Å². The van der Waals surface area contributed by atoms with Crippen LogP contribution in [0.4, 0.5) is 0 Å². The summed E-state index contributed by atoms with van der Waals surface area (Å²) in [7, 11) is 0. The van der Waals surface area contributed by atoms with Crippen LogP contribution in [0.5, 0.6) is 5.75 Å². The van der Waals surface area contributed by atoms with E-state index in [1.54, 1.807) is 0 Å². The third-order valence-corrected chi connectivity index (χ3v) is 6.63. The normalized spacial score (nSPS) is 16.8. The summed E-state index contributed by atoms with van der Waals surface area (Å²) in [6, 6.07) is 17.5. The molecule has 2 aliphatic heterocycles. The molecule has 5 rings (SSSR count). The molecule has 2 aliphatic rings. The van der Waals surface area contributed by atoms with Crippen LogP contribution in [0.1, 0.15) is 44.1 Å². The lowest BCUT2D eigenvalue weighted by Crippen LogP contribution is -2.30. The maximum absolute atomic E-state index is 6.08. The Balaban J connectivity index is 1.37. The maximum atomic E-state index is 6.08. The van der Waals surface area contributed by atoms with Crippen LogP contribution in [0.3, 0.4) is 0 Å². The number of benzene rings is 2. The van der Waals surface area contributed by atoms with Gasteiger partial charge in [-0.1, -0.05) is 43.2 Å². The standard InChI is InChI=1S/C26H32N2O/c1-7-16-27(17-8-1)18-9-2-10-19-28-24-13-5-3-11-21(24)22-15-20-29-25-14-6-4-12-23(25)26(22)28/h3-6,11-14H,1-2,7-10,15-20H2. The quantitative estimate of drug-likeness (QED) is 0.489. The number of hydrogen-bond acceptors (Lipinski definition) is 2. The number of aryl methyl sites for hydroxylation is 1. The molecule has 3 aromatic rings. The van der Waals surface area contributed by atoms with Gasteiger partial charge in [0.2, 0.25) is 0 Å². The first-order valence-electron chi connectivity index (χ1n) is 11.5. The highest BCUT2D eigenvalue weighted by Crippen LogP contribution is 2.40. The van der Waals surface area contributed by atoms with E-state index in [0.29, 0.717) is 0 Å². The fourth-order valence-electron chi connectivity index (χ4n) is 5.18. The van der Waals surface area contributed by atoms with Crippen molar-refractivity contribution in [3.8, 4) is 17.0 Å². The van der Waals surface area contributed by atoms with Gasteiger partial charge in [-0.05, 0) is 69.1 Å². The van der Waals surface area contributed by atoms with E-state index in [9.17, 15) is 0 Å². The van der Waals surface area contributed by atoms with E-state index in [4.69, 9.17) is 4.74 Å². The van der Waals surface area contributed by atoms with Gasteiger partial charge in [-0.3, -0.25) is 0 Å². The van der Waals surface area contributed by atoms with Crippen LogP contribution in [0, 0.1) is 0 Å². The number of likely N-dealkylation sites (tertiary alicyclic amines) is 1. The Kier molecular flexibility index (Phi) is 5.58. The summed E-state index contributed by atoms with van der Waals surface area (Å²) in [4.78, 5) is 2.66. The smallest absolute Gasteiger partial charge is 0.128 e. The van der Waals surface area contributed by atoms with Crippen molar-refractivity contribution >= 4 is 10.9 Å². The summed E-state index contributed by atoms with van der Waals surface area (Å²) in [5.74, 6) is 1.03. The first kappa shape index (κ1) is 18.7. The minimum absolute atomic E-state index is 0.758. The van der Waals surface area contributed by atoms with Gasteiger partial charge in [0, 0.05) is 29.4 Å². The van der Waals surface area contributed by atoms with Crippen LogP contribution in [-0.2, 0) is 13.0 Å². The van der Waals surface area contributed by atoms with Crippen LogP contribution in [0.2, 0.25) is 0 Å². The molecule has 0 unspecified atom stereocenters. The molecule has 0 aliphatic carbocycles. The molecule has 0 bridgehead atoms. The molecule has 1 saturated heterocycles. The topological polar surface area (TPSA) is 17.4 Å². The molecule has 0 radical (unpaired) electrons. The van der Waals surface area contributed by atoms with E-state index < -0.39 is 0 Å². The van der Waals surface area contributed by atoms with E-state index >= 15 is 0 Å². The fourth-order valence-corrected chi connectivity index (χ4v) is 5.18. The van der Waals surface area contributed by atoms with E-state index in [0.717, 1.165) is 25.3 Å². The van der Waals surface area contributed by atoms with Gasteiger partial charge in [-0.2, -0.15) is 0 Å². The minimum atomic E-state index is 0.758. The molecule has 3 nitrogen and oxygen atoms in total. The number of unbranched alkanes of at least 4 members (excludes halogenated alkanes) is 2. The van der Waals surface area contributed by atoms with Gasteiger partial charge in [0.1, 0.15) is 5.75 Å². The van der Waals surface area contributed by atoms with Crippen molar-refractivity contribution < 1.29 is 4.74 Å². The summed E-state index contributed by atoms with van der Waals surface area (Å²) < 4.78 is 8.65. The highest BCUT2D eigenvalue weighted by Gasteiger charge is 2.23. The predicted octanol–water partition coefficient (Wildman–Crippen LogP) is 5.90. The second kappa shape index (κ2) is 8.62. The molecule has 152 valence electrons. The molecule has 0 amide bonds. The van der Waals surface area contributed by atoms with E-state index in [2.05, 4.69) is 58.0 Å².